The van der Waals surface area contributed by atoms with Crippen molar-refractivity contribution in [2.24, 2.45) is 34.5 Å². The molecule has 35 heavy (non-hydrogen) atoms. The number of ether oxygens (including phenoxy) is 3. The van der Waals surface area contributed by atoms with Crippen LogP contribution in [0.15, 0.2) is 12.2 Å². The van der Waals surface area contributed by atoms with E-state index in [1.807, 2.05) is 0 Å². The van der Waals surface area contributed by atoms with Gasteiger partial charge in [-0.3, -0.25) is 0 Å². The number of rotatable bonds is 6. The molecule has 6 fully saturated rings. The van der Waals surface area contributed by atoms with Crippen molar-refractivity contribution in [2.75, 3.05) is 39.5 Å². The Morgan fingerprint density at radius 2 is 1.71 bits per heavy atom. The predicted molar refractivity (Wildman–Crippen MR) is 137 cm³/mol. The number of nitrogens with zero attached hydrogens (tertiary/aromatic N) is 1. The van der Waals surface area contributed by atoms with Gasteiger partial charge in [-0.05, 0) is 119 Å². The average Bonchev–Trinajstić information content (AvgIpc) is 3.60. The minimum Gasteiger partial charge on any atom is -0.389 e. The van der Waals surface area contributed by atoms with E-state index in [1.54, 1.807) is 0 Å². The molecular weight excluding hydrogens is 438 g/mol. The molecule has 4 saturated carbocycles. The van der Waals surface area contributed by atoms with Gasteiger partial charge in [0.1, 0.15) is 0 Å². The van der Waals surface area contributed by atoms with E-state index >= 15 is 0 Å². The summed E-state index contributed by atoms with van der Waals surface area (Å²) < 4.78 is 17.7. The average molecular weight is 488 g/mol. The van der Waals surface area contributed by atoms with Crippen molar-refractivity contribution >= 4 is 0 Å². The Morgan fingerprint density at radius 1 is 0.914 bits per heavy atom. The van der Waals surface area contributed by atoms with E-state index in [2.05, 4.69) is 30.9 Å². The van der Waals surface area contributed by atoms with Gasteiger partial charge in [0, 0.05) is 12.0 Å². The largest absolute Gasteiger partial charge is 0.389 e. The van der Waals surface area contributed by atoms with Crippen LogP contribution in [0.25, 0.3) is 0 Å². The van der Waals surface area contributed by atoms with Crippen LogP contribution in [-0.4, -0.2) is 67.5 Å². The molecule has 0 bridgehead atoms. The van der Waals surface area contributed by atoms with Gasteiger partial charge in [-0.25, -0.2) is 0 Å². The highest BCUT2D eigenvalue weighted by atomic mass is 16.7. The highest BCUT2D eigenvalue weighted by Gasteiger charge is 2.66. The van der Waals surface area contributed by atoms with E-state index in [4.69, 9.17) is 14.2 Å². The molecule has 2 saturated heterocycles. The summed E-state index contributed by atoms with van der Waals surface area (Å²) in [4.78, 5) is 2.57. The van der Waals surface area contributed by atoms with E-state index in [0.29, 0.717) is 42.5 Å². The molecule has 0 aromatic carbocycles. The summed E-state index contributed by atoms with van der Waals surface area (Å²) in [5.41, 5.74) is -0.185. The van der Waals surface area contributed by atoms with Crippen LogP contribution in [0.2, 0.25) is 0 Å². The summed E-state index contributed by atoms with van der Waals surface area (Å²) in [6.07, 6.45) is 18.1. The van der Waals surface area contributed by atoms with E-state index in [1.165, 1.54) is 64.5 Å². The summed E-state index contributed by atoms with van der Waals surface area (Å²) in [7, 11) is 0. The standard InChI is InChI=1S/C30H49NO4/c1-28-12-10-24(33-18-17-31-15-3-4-16-31)21-23(28)5-7-26-25(28)11-13-29(2)22(9-14-30(26,29)32)6-8-27-34-19-20-35-27/h6,8,22-27,32H,3-5,7,9-21H2,1-2H3/b8-6+/t22-,23?,24?,25-,26+,28-,29+,30+/m0/s1. The monoisotopic (exact) mass is 487 g/mol. The molecule has 198 valence electrons. The van der Waals surface area contributed by atoms with E-state index in [-0.39, 0.29) is 11.7 Å². The predicted octanol–water partition coefficient (Wildman–Crippen LogP) is 5.17. The molecular formula is C30H49NO4. The Bertz CT molecular complexity index is 776. The number of allylic oxidation sites excluding steroid dienone is 1. The Balaban J connectivity index is 1.10. The van der Waals surface area contributed by atoms with Crippen LogP contribution in [0.3, 0.4) is 0 Å². The van der Waals surface area contributed by atoms with E-state index in [0.717, 1.165) is 38.3 Å². The molecule has 0 amide bonds. The van der Waals surface area contributed by atoms with Crippen LogP contribution < -0.4 is 0 Å². The minimum absolute atomic E-state index is 0.0254. The molecule has 5 heteroatoms. The second-order valence-electron chi connectivity index (χ2n) is 13.3. The first-order valence-corrected chi connectivity index (χ1v) is 14.9. The third-order valence-electron chi connectivity index (χ3n) is 12.0. The van der Waals surface area contributed by atoms with Crippen LogP contribution in [0.5, 0.6) is 0 Å². The van der Waals surface area contributed by atoms with Gasteiger partial charge in [-0.1, -0.05) is 19.9 Å². The van der Waals surface area contributed by atoms with Gasteiger partial charge >= 0.3 is 0 Å². The Kier molecular flexibility index (Phi) is 6.88. The van der Waals surface area contributed by atoms with Crippen molar-refractivity contribution < 1.29 is 19.3 Å². The maximum absolute atomic E-state index is 12.4. The first-order valence-electron chi connectivity index (χ1n) is 14.9. The van der Waals surface area contributed by atoms with Gasteiger partial charge < -0.3 is 24.2 Å². The topological polar surface area (TPSA) is 51.2 Å². The van der Waals surface area contributed by atoms with Crippen LogP contribution in [0.4, 0.5) is 0 Å². The lowest BCUT2D eigenvalue weighted by Gasteiger charge is -2.63. The molecule has 0 spiro atoms. The summed E-state index contributed by atoms with van der Waals surface area (Å²) >= 11 is 0. The lowest BCUT2D eigenvalue weighted by atomic mass is 9.43. The fourth-order valence-corrected chi connectivity index (χ4v) is 9.75. The van der Waals surface area contributed by atoms with Crippen molar-refractivity contribution in [3.05, 3.63) is 12.2 Å². The fraction of sp³-hybridized carbons (Fsp3) is 0.933. The second kappa shape index (κ2) is 9.69. The number of hydrogen-bond acceptors (Lipinski definition) is 5. The summed E-state index contributed by atoms with van der Waals surface area (Å²) in [6.45, 7) is 10.9. The van der Waals surface area contributed by atoms with Gasteiger partial charge in [0.25, 0.3) is 0 Å². The molecule has 0 aromatic rings. The first-order chi connectivity index (χ1) is 16.9. The number of fused-ring (bicyclic) bond motifs is 5. The molecule has 6 aliphatic rings. The molecule has 6 rings (SSSR count). The highest BCUT2D eigenvalue weighted by molar-refractivity contribution is 5.19. The molecule has 2 aliphatic heterocycles. The number of likely N-dealkylation sites (tertiary alicyclic amines) is 1. The smallest absolute Gasteiger partial charge is 0.177 e. The second-order valence-corrected chi connectivity index (χ2v) is 13.3. The molecule has 8 atom stereocenters. The normalized spacial score (nSPS) is 48.8. The molecule has 5 nitrogen and oxygen atoms in total. The summed E-state index contributed by atoms with van der Waals surface area (Å²) in [5, 5.41) is 12.4. The maximum Gasteiger partial charge on any atom is 0.177 e. The zero-order valence-electron chi connectivity index (χ0n) is 22.3. The van der Waals surface area contributed by atoms with Gasteiger partial charge in [-0.15, -0.1) is 0 Å². The SMILES string of the molecule is C[C@]12CCC(OCCN3CCCC3)CC1CC[C@@H]1[C@@H]2CC[C@]2(C)[C@@H](/C=C/C3OCCO3)CC[C@@]12O. The molecule has 4 aliphatic carbocycles. The fourth-order valence-electron chi connectivity index (χ4n) is 9.75. The van der Waals surface area contributed by atoms with E-state index in [9.17, 15) is 5.11 Å². The van der Waals surface area contributed by atoms with Gasteiger partial charge in [0.05, 0.1) is 31.5 Å². The first kappa shape index (κ1) is 24.9. The molecule has 2 heterocycles. The lowest BCUT2D eigenvalue weighted by Crippen LogP contribution is -2.62. The molecule has 0 aromatic heterocycles. The maximum atomic E-state index is 12.4. The minimum atomic E-state index is -0.528. The summed E-state index contributed by atoms with van der Waals surface area (Å²) in [6, 6.07) is 0. The van der Waals surface area contributed by atoms with Gasteiger partial charge in [0.15, 0.2) is 6.29 Å². The van der Waals surface area contributed by atoms with E-state index < -0.39 is 5.60 Å². The Labute approximate surface area is 212 Å². The van der Waals surface area contributed by atoms with Crippen LogP contribution in [-0.2, 0) is 14.2 Å². The molecule has 1 N–H and O–H groups in total. The third kappa shape index (κ3) is 4.26. The third-order valence-corrected chi connectivity index (χ3v) is 12.0. The molecule has 0 radical (unpaired) electrons. The summed E-state index contributed by atoms with van der Waals surface area (Å²) in [5.74, 6) is 2.30. The zero-order valence-corrected chi connectivity index (χ0v) is 22.3. The highest BCUT2D eigenvalue weighted by Crippen LogP contribution is 2.69. The van der Waals surface area contributed by atoms with Gasteiger partial charge in [-0.2, -0.15) is 0 Å². The zero-order chi connectivity index (χ0) is 24.1. The van der Waals surface area contributed by atoms with Crippen molar-refractivity contribution in [2.45, 2.75) is 102 Å². The van der Waals surface area contributed by atoms with Crippen molar-refractivity contribution in [3.8, 4) is 0 Å². The molecule has 2 unspecified atom stereocenters. The number of aliphatic hydroxyl groups is 1. The van der Waals surface area contributed by atoms with Crippen molar-refractivity contribution in [3.63, 3.8) is 0 Å². The quantitative estimate of drug-likeness (QED) is 0.524. The van der Waals surface area contributed by atoms with Crippen LogP contribution >= 0.6 is 0 Å². The Morgan fingerprint density at radius 3 is 2.51 bits per heavy atom. The number of hydrogen-bond donors (Lipinski definition) is 1. The van der Waals surface area contributed by atoms with Crippen molar-refractivity contribution in [1.82, 2.24) is 4.90 Å². The van der Waals surface area contributed by atoms with Crippen LogP contribution in [0.1, 0.15) is 84.5 Å². The lowest BCUT2D eigenvalue weighted by molar-refractivity contribution is -0.209. The van der Waals surface area contributed by atoms with Gasteiger partial charge in [0.2, 0.25) is 0 Å². The van der Waals surface area contributed by atoms with Crippen LogP contribution in [0, 0.1) is 34.5 Å². The Hall–Kier alpha value is -0.460. The van der Waals surface area contributed by atoms with Crippen molar-refractivity contribution in [1.29, 1.82) is 0 Å².